The van der Waals surface area contributed by atoms with Crippen molar-refractivity contribution in [2.75, 3.05) is 31.1 Å². The molecule has 30 heavy (non-hydrogen) atoms. The number of aryl methyl sites for hydroxylation is 2. The predicted molar refractivity (Wildman–Crippen MR) is 123 cm³/mol. The third kappa shape index (κ3) is 3.47. The summed E-state index contributed by atoms with van der Waals surface area (Å²) in [6.07, 6.45) is 6.55. The smallest absolute Gasteiger partial charge is 0.253 e. The number of hydrogen-bond donors (Lipinski definition) is 0. The minimum Gasteiger partial charge on any atom is -0.352 e. The van der Waals surface area contributed by atoms with Gasteiger partial charge in [0.05, 0.1) is 5.39 Å². The number of hydrogen-bond acceptors (Lipinski definition) is 5. The van der Waals surface area contributed by atoms with Crippen LogP contribution in [-0.2, 0) is 12.8 Å². The van der Waals surface area contributed by atoms with Gasteiger partial charge in [0, 0.05) is 36.6 Å². The molecule has 0 bridgehead atoms. The Bertz CT molecular complexity index is 1060. The number of amides is 1. The summed E-state index contributed by atoms with van der Waals surface area (Å²) in [7, 11) is 0. The SMILES string of the molecule is CC(C)c1ccc(C(=O)N2CCN(c3ncnc4sc5c(c34)CCCC5)CC2)cc1. The van der Waals surface area contributed by atoms with Crippen molar-refractivity contribution in [3.8, 4) is 0 Å². The second-order valence-electron chi connectivity index (χ2n) is 8.64. The van der Waals surface area contributed by atoms with E-state index in [-0.39, 0.29) is 5.91 Å². The van der Waals surface area contributed by atoms with Crippen molar-refractivity contribution >= 4 is 33.3 Å². The molecule has 1 aliphatic heterocycles. The van der Waals surface area contributed by atoms with Crippen LogP contribution >= 0.6 is 11.3 Å². The molecule has 3 aromatic rings. The normalized spacial score (nSPS) is 16.9. The maximum absolute atomic E-state index is 13.0. The summed E-state index contributed by atoms with van der Waals surface area (Å²) < 4.78 is 0. The molecule has 0 N–H and O–H groups in total. The van der Waals surface area contributed by atoms with Crippen molar-refractivity contribution in [1.29, 1.82) is 0 Å². The Kier molecular flexibility index (Phi) is 5.19. The molecule has 0 unspecified atom stereocenters. The molecule has 6 heteroatoms. The third-order valence-corrected chi connectivity index (χ3v) is 7.62. The highest BCUT2D eigenvalue weighted by Crippen LogP contribution is 2.39. The van der Waals surface area contributed by atoms with Crippen molar-refractivity contribution in [2.45, 2.75) is 45.4 Å². The number of carbonyl (C=O) groups excluding carboxylic acids is 1. The largest absolute Gasteiger partial charge is 0.352 e. The maximum Gasteiger partial charge on any atom is 0.253 e. The van der Waals surface area contributed by atoms with Gasteiger partial charge >= 0.3 is 0 Å². The monoisotopic (exact) mass is 420 g/mol. The lowest BCUT2D eigenvalue weighted by atomic mass is 9.97. The van der Waals surface area contributed by atoms with E-state index in [1.54, 1.807) is 6.33 Å². The fraction of sp³-hybridized carbons (Fsp3) is 0.458. The van der Waals surface area contributed by atoms with Crippen molar-refractivity contribution < 1.29 is 4.79 Å². The van der Waals surface area contributed by atoms with Gasteiger partial charge in [-0.2, -0.15) is 0 Å². The van der Waals surface area contributed by atoms with E-state index in [2.05, 4.69) is 40.8 Å². The lowest BCUT2D eigenvalue weighted by molar-refractivity contribution is 0.0746. The van der Waals surface area contributed by atoms with Gasteiger partial charge in [-0.1, -0.05) is 26.0 Å². The molecule has 5 rings (SSSR count). The minimum absolute atomic E-state index is 0.130. The first kappa shape index (κ1) is 19.5. The highest BCUT2D eigenvalue weighted by molar-refractivity contribution is 7.19. The van der Waals surface area contributed by atoms with Crippen molar-refractivity contribution in [1.82, 2.24) is 14.9 Å². The molecule has 0 radical (unpaired) electrons. The number of anilines is 1. The van der Waals surface area contributed by atoms with Crippen LogP contribution in [0.4, 0.5) is 5.82 Å². The maximum atomic E-state index is 13.0. The summed E-state index contributed by atoms with van der Waals surface area (Å²) in [6, 6.07) is 8.09. The lowest BCUT2D eigenvalue weighted by Gasteiger charge is -2.36. The molecule has 156 valence electrons. The van der Waals surface area contributed by atoms with Crippen LogP contribution < -0.4 is 4.90 Å². The second kappa shape index (κ2) is 7.99. The van der Waals surface area contributed by atoms with Crippen LogP contribution in [0, 0.1) is 0 Å². The Morgan fingerprint density at radius 3 is 2.47 bits per heavy atom. The van der Waals surface area contributed by atoms with Crippen LogP contribution in [0.25, 0.3) is 10.2 Å². The van der Waals surface area contributed by atoms with Crippen LogP contribution in [0.1, 0.15) is 59.0 Å². The molecule has 2 aromatic heterocycles. The lowest BCUT2D eigenvalue weighted by Crippen LogP contribution is -2.49. The summed E-state index contributed by atoms with van der Waals surface area (Å²) in [4.78, 5) is 29.2. The zero-order valence-electron chi connectivity index (χ0n) is 17.7. The first-order valence-corrected chi connectivity index (χ1v) is 11.8. The Morgan fingerprint density at radius 1 is 1.00 bits per heavy atom. The van der Waals surface area contributed by atoms with Crippen molar-refractivity contribution in [3.63, 3.8) is 0 Å². The number of nitrogens with zero attached hydrogens (tertiary/aromatic N) is 4. The van der Waals surface area contributed by atoms with Crippen molar-refractivity contribution in [3.05, 3.63) is 52.2 Å². The summed E-state index contributed by atoms with van der Waals surface area (Å²) in [5, 5.41) is 1.27. The zero-order chi connectivity index (χ0) is 20.7. The van der Waals surface area contributed by atoms with Gasteiger partial charge in [0.15, 0.2) is 0 Å². The van der Waals surface area contributed by atoms with Crippen LogP contribution in [-0.4, -0.2) is 47.0 Å². The molecule has 2 aliphatic rings. The van der Waals surface area contributed by atoms with E-state index in [1.807, 2.05) is 28.4 Å². The topological polar surface area (TPSA) is 49.3 Å². The van der Waals surface area contributed by atoms with Gasteiger partial charge in [-0.25, -0.2) is 9.97 Å². The summed E-state index contributed by atoms with van der Waals surface area (Å²) in [5.74, 6) is 1.67. The van der Waals surface area contributed by atoms with Crippen LogP contribution in [0.5, 0.6) is 0 Å². The van der Waals surface area contributed by atoms with E-state index in [0.717, 1.165) is 48.8 Å². The number of carbonyl (C=O) groups is 1. The number of aromatic nitrogens is 2. The number of piperazine rings is 1. The minimum atomic E-state index is 0.130. The summed E-state index contributed by atoms with van der Waals surface area (Å²) in [6.45, 7) is 7.42. The summed E-state index contributed by atoms with van der Waals surface area (Å²) in [5.41, 5.74) is 3.52. The molecule has 0 spiro atoms. The average molecular weight is 421 g/mol. The zero-order valence-corrected chi connectivity index (χ0v) is 18.5. The molecular formula is C24H28N4OS. The Morgan fingerprint density at radius 2 is 1.73 bits per heavy atom. The molecule has 1 amide bonds. The first-order chi connectivity index (χ1) is 14.6. The average Bonchev–Trinajstić information content (AvgIpc) is 3.17. The van der Waals surface area contributed by atoms with Crippen molar-refractivity contribution in [2.24, 2.45) is 0 Å². The highest BCUT2D eigenvalue weighted by Gasteiger charge is 2.27. The molecule has 0 atom stereocenters. The summed E-state index contributed by atoms with van der Waals surface area (Å²) >= 11 is 1.84. The molecule has 1 aromatic carbocycles. The Balaban J connectivity index is 1.33. The third-order valence-electron chi connectivity index (χ3n) is 6.42. The molecule has 1 aliphatic carbocycles. The van der Waals surface area contributed by atoms with Crippen LogP contribution in [0.3, 0.4) is 0 Å². The Hall–Kier alpha value is -2.47. The predicted octanol–water partition coefficient (Wildman–Crippen LogP) is 4.66. The van der Waals surface area contributed by atoms with E-state index >= 15 is 0 Å². The second-order valence-corrected chi connectivity index (χ2v) is 9.73. The molecule has 5 nitrogen and oxygen atoms in total. The van der Waals surface area contributed by atoms with Gasteiger partial charge in [0.1, 0.15) is 17.0 Å². The van der Waals surface area contributed by atoms with Gasteiger partial charge in [-0.05, 0) is 54.9 Å². The quantitative estimate of drug-likeness (QED) is 0.619. The number of fused-ring (bicyclic) bond motifs is 3. The highest BCUT2D eigenvalue weighted by atomic mass is 32.1. The van der Waals surface area contributed by atoms with E-state index in [0.29, 0.717) is 5.92 Å². The molecular weight excluding hydrogens is 392 g/mol. The van der Waals surface area contributed by atoms with E-state index in [9.17, 15) is 4.79 Å². The van der Waals surface area contributed by atoms with Crippen LogP contribution in [0.2, 0.25) is 0 Å². The molecule has 0 saturated carbocycles. The standard InChI is InChI=1S/C24H28N4OS/c1-16(2)17-7-9-18(10-8-17)24(29)28-13-11-27(12-14-28)22-21-19-5-3-4-6-20(19)30-23(21)26-15-25-22/h7-10,15-16H,3-6,11-14H2,1-2H3. The van der Waals surface area contributed by atoms with Gasteiger partial charge in [0.25, 0.3) is 5.91 Å². The van der Waals surface area contributed by atoms with Gasteiger partial charge in [-0.15, -0.1) is 11.3 Å². The number of rotatable bonds is 3. The molecule has 3 heterocycles. The van der Waals surface area contributed by atoms with Gasteiger partial charge < -0.3 is 9.80 Å². The number of benzene rings is 1. The van der Waals surface area contributed by atoms with Gasteiger partial charge in [-0.3, -0.25) is 4.79 Å². The van der Waals surface area contributed by atoms with E-state index in [1.165, 1.54) is 40.7 Å². The van der Waals surface area contributed by atoms with E-state index in [4.69, 9.17) is 0 Å². The molecule has 1 saturated heterocycles. The fourth-order valence-electron chi connectivity index (χ4n) is 4.63. The molecule has 1 fully saturated rings. The van der Waals surface area contributed by atoms with E-state index < -0.39 is 0 Å². The first-order valence-electron chi connectivity index (χ1n) is 11.0. The fourth-order valence-corrected chi connectivity index (χ4v) is 5.85. The number of thiophene rings is 1. The van der Waals surface area contributed by atoms with Crippen LogP contribution in [0.15, 0.2) is 30.6 Å². The Labute approximate surface area is 181 Å². The van der Waals surface area contributed by atoms with Gasteiger partial charge in [0.2, 0.25) is 0 Å².